The summed E-state index contributed by atoms with van der Waals surface area (Å²) in [4.78, 5) is 49.3. The second-order valence-electron chi connectivity index (χ2n) is 13.8. The van der Waals surface area contributed by atoms with Crippen molar-refractivity contribution in [2.75, 3.05) is 35.2 Å². The number of hydrogen-bond acceptors (Lipinski definition) is 8. The normalized spacial score (nSPS) is 16.8. The van der Waals surface area contributed by atoms with E-state index in [4.69, 9.17) is 14.2 Å². The van der Waals surface area contributed by atoms with Crippen LogP contribution in [0.25, 0.3) is 22.5 Å². The Morgan fingerprint density at radius 2 is 1.73 bits per heavy atom. The highest BCUT2D eigenvalue weighted by Gasteiger charge is 2.28. The molecule has 12 heteroatoms. The van der Waals surface area contributed by atoms with E-state index in [0.29, 0.717) is 53.5 Å². The lowest BCUT2D eigenvalue weighted by molar-refractivity contribution is -0.191. The monoisotopic (exact) mass is 697 g/mol. The van der Waals surface area contributed by atoms with Crippen molar-refractivity contribution in [2.45, 2.75) is 77.3 Å². The Hall–Kier alpha value is -5.07. The van der Waals surface area contributed by atoms with E-state index in [1.165, 1.54) is 12.1 Å². The molecule has 2 amide bonds. The second kappa shape index (κ2) is 15.9. The fraction of sp³-hybridized carbons (Fsp3) is 0.385. The van der Waals surface area contributed by atoms with Crippen LogP contribution in [0.5, 0.6) is 0 Å². The molecule has 2 saturated heterocycles. The Bertz CT molecular complexity index is 1830. The molecule has 0 bridgehead atoms. The summed E-state index contributed by atoms with van der Waals surface area (Å²) in [7, 11) is 0. The molecule has 0 saturated carbocycles. The van der Waals surface area contributed by atoms with Gasteiger partial charge in [-0.3, -0.25) is 14.9 Å². The van der Waals surface area contributed by atoms with Crippen LogP contribution in [0.4, 0.5) is 26.2 Å². The zero-order valence-electron chi connectivity index (χ0n) is 29.2. The van der Waals surface area contributed by atoms with Crippen LogP contribution in [0.1, 0.15) is 69.7 Å². The van der Waals surface area contributed by atoms with Crippen LogP contribution >= 0.6 is 0 Å². The molecule has 268 valence electrons. The van der Waals surface area contributed by atoms with Crippen LogP contribution in [-0.4, -0.2) is 65.4 Å². The highest BCUT2D eigenvalue weighted by atomic mass is 19.1. The topological polar surface area (TPSA) is 135 Å². The molecule has 6 rings (SSSR count). The average Bonchev–Trinajstić information content (AvgIpc) is 3.65. The predicted molar refractivity (Wildman–Crippen MR) is 193 cm³/mol. The number of aromatic amines is 1. The largest absolute Gasteiger partial charge is 0.444 e. The van der Waals surface area contributed by atoms with Gasteiger partial charge in [0.25, 0.3) is 0 Å². The highest BCUT2D eigenvalue weighted by Crippen LogP contribution is 2.40. The van der Waals surface area contributed by atoms with Crippen LogP contribution < -0.4 is 15.5 Å². The van der Waals surface area contributed by atoms with Crippen LogP contribution in [-0.2, 0) is 19.0 Å². The number of amides is 2. The van der Waals surface area contributed by atoms with Crippen LogP contribution in [0.3, 0.4) is 0 Å². The van der Waals surface area contributed by atoms with Crippen molar-refractivity contribution in [1.82, 2.24) is 9.97 Å². The molecule has 2 aliphatic heterocycles. The summed E-state index contributed by atoms with van der Waals surface area (Å²) < 4.78 is 31.7. The minimum atomic E-state index is -0.773. The first-order valence-corrected chi connectivity index (χ1v) is 17.4. The van der Waals surface area contributed by atoms with E-state index < -0.39 is 24.0 Å². The molecule has 0 radical (unpaired) electrons. The van der Waals surface area contributed by atoms with Gasteiger partial charge >= 0.3 is 6.09 Å². The van der Waals surface area contributed by atoms with Gasteiger partial charge in [-0.05, 0) is 88.8 Å². The summed E-state index contributed by atoms with van der Waals surface area (Å²) in [5.41, 5.74) is 3.06. The van der Waals surface area contributed by atoms with Gasteiger partial charge in [0.15, 0.2) is 12.1 Å². The minimum absolute atomic E-state index is 0.0499. The van der Waals surface area contributed by atoms with Crippen LogP contribution in [0.2, 0.25) is 0 Å². The summed E-state index contributed by atoms with van der Waals surface area (Å²) in [5, 5.41) is 5.66. The Kier molecular flexibility index (Phi) is 11.1. The minimum Gasteiger partial charge on any atom is -0.444 e. The molecule has 3 N–H and O–H groups in total. The molecule has 4 aromatic rings. The van der Waals surface area contributed by atoms with E-state index in [1.807, 2.05) is 6.07 Å². The van der Waals surface area contributed by atoms with Gasteiger partial charge in [-0.25, -0.2) is 14.2 Å². The molecule has 0 aliphatic carbocycles. The van der Waals surface area contributed by atoms with Crippen LogP contribution in [0, 0.1) is 5.82 Å². The third-order valence-corrected chi connectivity index (χ3v) is 8.74. The lowest BCUT2D eigenvalue weighted by Crippen LogP contribution is -2.39. The van der Waals surface area contributed by atoms with Gasteiger partial charge in [-0.15, -0.1) is 0 Å². The van der Waals surface area contributed by atoms with E-state index in [0.717, 1.165) is 37.8 Å². The fourth-order valence-electron chi connectivity index (χ4n) is 6.30. The predicted octanol–water partition coefficient (Wildman–Crippen LogP) is 7.95. The number of carbonyl (C=O) groups is 3. The van der Waals surface area contributed by atoms with Crippen molar-refractivity contribution >= 4 is 34.8 Å². The quantitative estimate of drug-likeness (QED) is 0.112. The van der Waals surface area contributed by atoms with E-state index in [-0.39, 0.29) is 29.7 Å². The van der Waals surface area contributed by atoms with Crippen molar-refractivity contribution in [2.24, 2.45) is 0 Å². The van der Waals surface area contributed by atoms with Gasteiger partial charge < -0.3 is 29.4 Å². The first kappa shape index (κ1) is 35.7. The van der Waals surface area contributed by atoms with E-state index in [2.05, 4.69) is 25.5 Å². The number of carbonyl (C=O) groups excluding carboxylic acids is 3. The smallest absolute Gasteiger partial charge is 0.412 e. The molecule has 1 atom stereocenters. The number of ketones is 1. The van der Waals surface area contributed by atoms with E-state index in [9.17, 15) is 18.8 Å². The summed E-state index contributed by atoms with van der Waals surface area (Å²) in [6, 6.07) is 16.5. The standard InChI is InChI=1S/C39H44FN5O6/c1-39(2,3)51-38(48)44-32-23-33(45-18-14-29(15-19-45)50-36-9-4-5-20-49-36)30(25-10-12-28(40)13-11-25)22-31(32)43-35(47)24-34(46)26-7-6-8-27(21-26)37-41-16-17-42-37/h6-8,10-13,16-17,21-23,29,36H,4-5,9,14-15,18-20,24H2,1-3H3,(H,41,42)(H,43,47)(H,44,48). The number of rotatable bonds is 10. The molecule has 51 heavy (non-hydrogen) atoms. The summed E-state index contributed by atoms with van der Waals surface area (Å²) >= 11 is 0. The van der Waals surface area contributed by atoms with Gasteiger partial charge in [-0.1, -0.05) is 30.3 Å². The van der Waals surface area contributed by atoms with Gasteiger partial charge in [0.1, 0.15) is 17.2 Å². The van der Waals surface area contributed by atoms with Crippen molar-refractivity contribution in [1.29, 1.82) is 0 Å². The number of benzene rings is 3. The second-order valence-corrected chi connectivity index (χ2v) is 13.8. The SMILES string of the molecule is CC(C)(C)OC(=O)Nc1cc(N2CCC(OC3CCCCO3)CC2)c(-c2ccc(F)cc2)cc1NC(=O)CC(=O)c1cccc(-c2ncc[nH]2)c1. The number of Topliss-reactive ketones (excluding diaryl/α,β-unsaturated/α-hetero) is 1. The van der Waals surface area contributed by atoms with E-state index in [1.54, 1.807) is 75.6 Å². The molecule has 11 nitrogen and oxygen atoms in total. The number of aromatic nitrogens is 2. The lowest BCUT2D eigenvalue weighted by atomic mass is 9.98. The number of hydrogen-bond donors (Lipinski definition) is 3. The number of nitrogens with zero attached hydrogens (tertiary/aromatic N) is 2. The number of anilines is 3. The molecular weight excluding hydrogens is 653 g/mol. The maximum Gasteiger partial charge on any atom is 0.412 e. The van der Waals surface area contributed by atoms with Gasteiger partial charge in [0.2, 0.25) is 5.91 Å². The molecule has 1 aromatic heterocycles. The maximum atomic E-state index is 14.1. The number of ether oxygens (including phenoxy) is 3. The van der Waals surface area contributed by atoms with Crippen molar-refractivity contribution in [3.63, 3.8) is 0 Å². The zero-order valence-corrected chi connectivity index (χ0v) is 29.2. The Labute approximate surface area is 296 Å². The van der Waals surface area contributed by atoms with Crippen LogP contribution in [0.15, 0.2) is 73.1 Å². The highest BCUT2D eigenvalue weighted by molar-refractivity contribution is 6.12. The van der Waals surface area contributed by atoms with Crippen molar-refractivity contribution in [3.05, 3.63) is 84.4 Å². The Balaban J connectivity index is 1.28. The molecule has 2 aliphatic rings. The third kappa shape index (κ3) is 9.59. The summed E-state index contributed by atoms with van der Waals surface area (Å²) in [6.45, 7) is 7.32. The fourth-order valence-corrected chi connectivity index (χ4v) is 6.30. The van der Waals surface area contributed by atoms with Gasteiger partial charge in [0, 0.05) is 54.5 Å². The molecule has 2 fully saturated rings. The molecule has 1 unspecified atom stereocenters. The van der Waals surface area contributed by atoms with E-state index >= 15 is 0 Å². The number of H-pyrrole nitrogens is 1. The Morgan fingerprint density at radius 3 is 2.41 bits per heavy atom. The summed E-state index contributed by atoms with van der Waals surface area (Å²) in [6.07, 6.45) is 6.60. The molecular formula is C39H44FN5O6. The molecule has 3 heterocycles. The molecule has 3 aromatic carbocycles. The molecule has 0 spiro atoms. The lowest BCUT2D eigenvalue weighted by Gasteiger charge is -2.37. The zero-order chi connectivity index (χ0) is 36.0. The van der Waals surface area contributed by atoms with Gasteiger partial charge in [-0.2, -0.15) is 0 Å². The first-order chi connectivity index (χ1) is 24.5. The Morgan fingerprint density at radius 1 is 0.961 bits per heavy atom. The summed E-state index contributed by atoms with van der Waals surface area (Å²) in [5.74, 6) is -0.733. The van der Waals surface area contributed by atoms with Crippen molar-refractivity contribution in [3.8, 4) is 22.5 Å². The number of nitrogens with one attached hydrogen (secondary N) is 3. The number of piperidine rings is 1. The number of imidazole rings is 1. The number of halogens is 1. The third-order valence-electron chi connectivity index (χ3n) is 8.74. The van der Waals surface area contributed by atoms with Gasteiger partial charge in [0.05, 0.1) is 23.9 Å². The first-order valence-electron chi connectivity index (χ1n) is 17.4. The maximum absolute atomic E-state index is 14.1. The average molecular weight is 698 g/mol. The van der Waals surface area contributed by atoms with Crippen molar-refractivity contribution < 1.29 is 33.0 Å².